The first-order valence-electron chi connectivity index (χ1n) is 8.91. The van der Waals surface area contributed by atoms with Gasteiger partial charge in [-0.25, -0.2) is 0 Å². The molecule has 2 aliphatic heterocycles. The zero-order chi connectivity index (χ0) is 16.2. The number of rotatable bonds is 5. The molecular weight excluding hydrogens is 318 g/mol. The number of hydrogen-bond donors (Lipinski definition) is 0. The Morgan fingerprint density at radius 3 is 2.58 bits per heavy atom. The average Bonchev–Trinajstić information content (AvgIpc) is 3.29. The number of aromatic nitrogens is 1. The van der Waals surface area contributed by atoms with E-state index in [1.165, 1.54) is 41.2 Å². The van der Waals surface area contributed by atoms with Gasteiger partial charge < -0.3 is 4.74 Å². The average molecular weight is 343 g/mol. The van der Waals surface area contributed by atoms with Crippen LogP contribution >= 0.6 is 11.3 Å². The smallest absolute Gasteiger partial charge is 0.0967 e. The number of hydrogen-bond acceptors (Lipinski definition) is 5. The van der Waals surface area contributed by atoms with Crippen molar-refractivity contribution in [3.63, 3.8) is 0 Å². The van der Waals surface area contributed by atoms with E-state index in [0.29, 0.717) is 0 Å². The summed E-state index contributed by atoms with van der Waals surface area (Å²) < 4.78 is 5.94. The van der Waals surface area contributed by atoms with Crippen molar-refractivity contribution >= 4 is 11.3 Å². The van der Waals surface area contributed by atoms with Gasteiger partial charge in [0.15, 0.2) is 0 Å². The van der Waals surface area contributed by atoms with Crippen LogP contribution in [0.2, 0.25) is 0 Å². The highest BCUT2D eigenvalue weighted by Crippen LogP contribution is 2.25. The van der Waals surface area contributed by atoms with Crippen molar-refractivity contribution in [2.45, 2.75) is 32.0 Å². The van der Waals surface area contributed by atoms with E-state index in [1.807, 2.05) is 29.8 Å². The second kappa shape index (κ2) is 7.74. The molecule has 24 heavy (non-hydrogen) atoms. The van der Waals surface area contributed by atoms with E-state index in [0.717, 1.165) is 32.8 Å². The molecule has 2 aromatic rings. The van der Waals surface area contributed by atoms with Crippen molar-refractivity contribution in [1.29, 1.82) is 0 Å². The fraction of sp³-hybridized carbons (Fsp3) is 0.526. The number of likely N-dealkylation sites (tertiary alicyclic amines) is 1. The van der Waals surface area contributed by atoms with Crippen molar-refractivity contribution in [2.75, 3.05) is 32.8 Å². The highest BCUT2D eigenvalue weighted by Gasteiger charge is 2.22. The fourth-order valence-corrected chi connectivity index (χ4v) is 4.69. The van der Waals surface area contributed by atoms with E-state index < -0.39 is 0 Å². The van der Waals surface area contributed by atoms with E-state index in [2.05, 4.69) is 33.0 Å². The van der Waals surface area contributed by atoms with E-state index in [-0.39, 0.29) is 6.10 Å². The Kier molecular flexibility index (Phi) is 5.23. The predicted molar refractivity (Wildman–Crippen MR) is 97.0 cm³/mol. The Morgan fingerprint density at radius 1 is 1.04 bits per heavy atom. The summed E-state index contributed by atoms with van der Waals surface area (Å²) in [6, 6.07) is 8.73. The maximum atomic E-state index is 5.94. The molecule has 0 amide bonds. The standard InChI is InChI=1S/C19H25N3OS/c1-2-9-21(8-1)13-17-5-6-18(24-17)14-22-10-11-23-19(15-22)16-4-3-7-20-12-16/h3-7,12,19H,1-2,8-11,13-15H2. The maximum absolute atomic E-state index is 5.94. The van der Waals surface area contributed by atoms with Crippen LogP contribution in [0.5, 0.6) is 0 Å². The summed E-state index contributed by atoms with van der Waals surface area (Å²) in [4.78, 5) is 12.3. The highest BCUT2D eigenvalue weighted by atomic mass is 32.1. The van der Waals surface area contributed by atoms with Crippen LogP contribution in [0.3, 0.4) is 0 Å². The van der Waals surface area contributed by atoms with Crippen LogP contribution in [0.1, 0.15) is 34.3 Å². The number of nitrogens with zero attached hydrogens (tertiary/aromatic N) is 3. The molecule has 2 aromatic heterocycles. The number of thiophene rings is 1. The predicted octanol–water partition coefficient (Wildman–Crippen LogP) is 3.31. The van der Waals surface area contributed by atoms with Crippen molar-refractivity contribution in [1.82, 2.24) is 14.8 Å². The molecule has 4 nitrogen and oxygen atoms in total. The Bertz CT molecular complexity index is 639. The number of ether oxygens (including phenoxy) is 1. The zero-order valence-electron chi connectivity index (χ0n) is 14.1. The molecule has 128 valence electrons. The highest BCUT2D eigenvalue weighted by molar-refractivity contribution is 7.11. The van der Waals surface area contributed by atoms with E-state index >= 15 is 0 Å². The van der Waals surface area contributed by atoms with Crippen molar-refractivity contribution in [3.05, 3.63) is 52.0 Å². The molecule has 0 bridgehead atoms. The van der Waals surface area contributed by atoms with Gasteiger partial charge in [-0.3, -0.25) is 14.8 Å². The van der Waals surface area contributed by atoms with Crippen LogP contribution in [0.25, 0.3) is 0 Å². The molecule has 2 aliphatic rings. The van der Waals surface area contributed by atoms with Gasteiger partial charge in [0.05, 0.1) is 12.7 Å². The van der Waals surface area contributed by atoms with E-state index in [1.54, 1.807) is 0 Å². The van der Waals surface area contributed by atoms with E-state index in [4.69, 9.17) is 4.74 Å². The molecule has 0 spiro atoms. The lowest BCUT2D eigenvalue weighted by atomic mass is 10.1. The lowest BCUT2D eigenvalue weighted by molar-refractivity contribution is -0.0327. The van der Waals surface area contributed by atoms with Gasteiger partial charge in [-0.2, -0.15) is 0 Å². The lowest BCUT2D eigenvalue weighted by Gasteiger charge is -2.32. The van der Waals surface area contributed by atoms with Crippen LogP contribution in [-0.2, 0) is 17.8 Å². The molecule has 0 N–H and O–H groups in total. The number of morpholine rings is 1. The summed E-state index contributed by atoms with van der Waals surface area (Å²) in [5.41, 5.74) is 1.18. The van der Waals surface area contributed by atoms with Gasteiger partial charge in [-0.05, 0) is 44.1 Å². The molecular formula is C19H25N3OS. The van der Waals surface area contributed by atoms with Crippen molar-refractivity contribution < 1.29 is 4.74 Å². The first-order chi connectivity index (χ1) is 11.9. The third-order valence-electron chi connectivity index (χ3n) is 4.88. The number of pyridine rings is 1. The molecule has 0 saturated carbocycles. The first-order valence-corrected chi connectivity index (χ1v) is 9.72. The van der Waals surface area contributed by atoms with Crippen molar-refractivity contribution in [3.8, 4) is 0 Å². The zero-order valence-corrected chi connectivity index (χ0v) is 14.9. The van der Waals surface area contributed by atoms with Crippen LogP contribution in [-0.4, -0.2) is 47.6 Å². The largest absolute Gasteiger partial charge is 0.371 e. The topological polar surface area (TPSA) is 28.6 Å². The summed E-state index contributed by atoms with van der Waals surface area (Å²) in [6.07, 6.45) is 6.62. The third kappa shape index (κ3) is 4.03. The van der Waals surface area contributed by atoms with E-state index in [9.17, 15) is 0 Å². The molecule has 4 heterocycles. The Hall–Kier alpha value is -1.27. The molecule has 5 heteroatoms. The minimum Gasteiger partial charge on any atom is -0.371 e. The van der Waals surface area contributed by atoms with Crippen LogP contribution in [0.4, 0.5) is 0 Å². The van der Waals surface area contributed by atoms with Gasteiger partial charge >= 0.3 is 0 Å². The summed E-state index contributed by atoms with van der Waals surface area (Å²) >= 11 is 1.97. The van der Waals surface area contributed by atoms with Gasteiger partial charge in [0, 0.05) is 53.9 Å². The Labute approximate surface area is 148 Å². The maximum Gasteiger partial charge on any atom is 0.0967 e. The summed E-state index contributed by atoms with van der Waals surface area (Å²) in [5.74, 6) is 0. The monoisotopic (exact) mass is 343 g/mol. The van der Waals surface area contributed by atoms with Gasteiger partial charge in [-0.15, -0.1) is 11.3 Å². The molecule has 0 aromatic carbocycles. The van der Waals surface area contributed by atoms with Crippen LogP contribution in [0.15, 0.2) is 36.7 Å². The quantitative estimate of drug-likeness (QED) is 0.833. The summed E-state index contributed by atoms with van der Waals surface area (Å²) in [6.45, 7) is 7.45. The van der Waals surface area contributed by atoms with Gasteiger partial charge in [0.25, 0.3) is 0 Å². The normalized spacial score (nSPS) is 22.9. The van der Waals surface area contributed by atoms with Gasteiger partial charge in [0.2, 0.25) is 0 Å². The molecule has 2 saturated heterocycles. The second-order valence-electron chi connectivity index (χ2n) is 6.73. The third-order valence-corrected chi connectivity index (χ3v) is 5.94. The van der Waals surface area contributed by atoms with Crippen molar-refractivity contribution in [2.24, 2.45) is 0 Å². The minimum atomic E-state index is 0.150. The minimum absolute atomic E-state index is 0.150. The van der Waals surface area contributed by atoms with Gasteiger partial charge in [0.1, 0.15) is 0 Å². The fourth-order valence-electron chi connectivity index (χ4n) is 3.59. The van der Waals surface area contributed by atoms with Gasteiger partial charge in [-0.1, -0.05) is 6.07 Å². The summed E-state index contributed by atoms with van der Waals surface area (Å²) in [7, 11) is 0. The van der Waals surface area contributed by atoms with Crippen LogP contribution in [0, 0.1) is 0 Å². The molecule has 1 atom stereocenters. The molecule has 2 fully saturated rings. The first kappa shape index (κ1) is 16.2. The molecule has 4 rings (SSSR count). The molecule has 0 aliphatic carbocycles. The van der Waals surface area contributed by atoms with Crippen LogP contribution < -0.4 is 0 Å². The second-order valence-corrected chi connectivity index (χ2v) is 7.99. The molecule has 1 unspecified atom stereocenters. The summed E-state index contributed by atoms with van der Waals surface area (Å²) in [5, 5.41) is 0. The molecule has 0 radical (unpaired) electrons. The Balaban J connectivity index is 1.34. The SMILES string of the molecule is c1cncc(C2CN(Cc3ccc(CN4CCCC4)s3)CCO2)c1. The Morgan fingerprint density at radius 2 is 1.83 bits per heavy atom. The lowest BCUT2D eigenvalue weighted by Crippen LogP contribution is -2.37.